The van der Waals surface area contributed by atoms with Gasteiger partial charge in [-0.3, -0.25) is 0 Å². The molecule has 0 aliphatic heterocycles. The van der Waals surface area contributed by atoms with Gasteiger partial charge in [0.25, 0.3) is 0 Å². The van der Waals surface area contributed by atoms with Crippen LogP contribution in [-0.4, -0.2) is 12.1 Å². The second-order valence-corrected chi connectivity index (χ2v) is 5.93. The van der Waals surface area contributed by atoms with Crippen molar-refractivity contribution < 1.29 is 4.74 Å². The van der Waals surface area contributed by atoms with Gasteiger partial charge in [-0.1, -0.05) is 18.2 Å². The van der Waals surface area contributed by atoms with Crippen molar-refractivity contribution in [3.63, 3.8) is 0 Å². The zero-order chi connectivity index (χ0) is 12.8. The van der Waals surface area contributed by atoms with Crippen molar-refractivity contribution in [1.29, 1.82) is 0 Å². The first-order valence-corrected chi connectivity index (χ1v) is 7.48. The molecule has 0 aliphatic rings. The second kappa shape index (κ2) is 6.89. The van der Waals surface area contributed by atoms with Crippen molar-refractivity contribution >= 4 is 23.1 Å². The van der Waals surface area contributed by atoms with Gasteiger partial charge in [-0.15, -0.1) is 23.1 Å². The largest absolute Gasteiger partial charge is 0.378 e. The molecule has 18 heavy (non-hydrogen) atoms. The summed E-state index contributed by atoms with van der Waals surface area (Å²) in [4.78, 5) is 6.96. The van der Waals surface area contributed by atoms with Crippen molar-refractivity contribution in [2.75, 3.05) is 7.11 Å². The fraction of sp³-hybridized carbons (Fsp3) is 0.308. The Bertz CT molecular complexity index is 485. The highest BCUT2D eigenvalue weighted by Gasteiger charge is 2.09. The van der Waals surface area contributed by atoms with E-state index in [0.29, 0.717) is 13.2 Å². The van der Waals surface area contributed by atoms with Crippen LogP contribution in [0.25, 0.3) is 0 Å². The normalized spacial score (nSPS) is 10.8. The van der Waals surface area contributed by atoms with Gasteiger partial charge >= 0.3 is 0 Å². The van der Waals surface area contributed by atoms with Crippen molar-refractivity contribution in [2.45, 2.75) is 23.8 Å². The quantitative estimate of drug-likeness (QED) is 0.826. The Morgan fingerprint density at radius 1 is 1.33 bits per heavy atom. The van der Waals surface area contributed by atoms with Crippen molar-refractivity contribution in [1.82, 2.24) is 4.98 Å². The summed E-state index contributed by atoms with van der Waals surface area (Å²) in [5, 5.41) is 1.11. The molecule has 0 fully saturated rings. The Labute approximate surface area is 115 Å². The molecule has 0 saturated carbocycles. The van der Waals surface area contributed by atoms with E-state index < -0.39 is 0 Å². The number of hydrogen-bond acceptors (Lipinski definition) is 5. The van der Waals surface area contributed by atoms with Gasteiger partial charge in [-0.05, 0) is 12.1 Å². The van der Waals surface area contributed by atoms with Crippen LogP contribution in [0.15, 0.2) is 35.2 Å². The van der Waals surface area contributed by atoms with E-state index in [0.717, 1.165) is 21.3 Å². The maximum atomic E-state index is 5.71. The molecule has 2 N–H and O–H groups in total. The Morgan fingerprint density at radius 2 is 2.11 bits per heavy atom. The van der Waals surface area contributed by atoms with Crippen LogP contribution in [0.4, 0.5) is 0 Å². The van der Waals surface area contributed by atoms with Crippen LogP contribution in [-0.2, 0) is 23.6 Å². The predicted octanol–water partition coefficient (Wildman–Crippen LogP) is 3.04. The molecule has 96 valence electrons. The summed E-state index contributed by atoms with van der Waals surface area (Å²) in [6.45, 7) is 1.07. The number of hydrogen-bond donors (Lipinski definition) is 1. The number of nitrogens with zero attached hydrogens (tertiary/aromatic N) is 1. The van der Waals surface area contributed by atoms with Gasteiger partial charge in [0.05, 0.1) is 18.1 Å². The van der Waals surface area contributed by atoms with E-state index in [1.54, 1.807) is 30.2 Å². The fourth-order valence-electron chi connectivity index (χ4n) is 1.57. The van der Waals surface area contributed by atoms with Gasteiger partial charge in [0, 0.05) is 23.4 Å². The van der Waals surface area contributed by atoms with Gasteiger partial charge in [0.15, 0.2) is 0 Å². The summed E-state index contributed by atoms with van der Waals surface area (Å²) in [6, 6.07) is 10.3. The van der Waals surface area contributed by atoms with Crippen LogP contribution < -0.4 is 5.73 Å². The van der Waals surface area contributed by atoms with Crippen LogP contribution in [0.5, 0.6) is 0 Å². The number of benzene rings is 1. The molecule has 5 heteroatoms. The molecular formula is C13H16N2OS2. The maximum Gasteiger partial charge on any atom is 0.104 e. The minimum absolute atomic E-state index is 0.534. The molecule has 1 heterocycles. The molecule has 2 rings (SSSR count). The standard InChI is InChI=1S/C13H16N2OS2/c1-16-8-11-12(7-14)18-13(15-11)9-17-10-5-3-2-4-6-10/h2-6H,7-9,14H2,1H3. The highest BCUT2D eigenvalue weighted by molar-refractivity contribution is 7.98. The zero-order valence-electron chi connectivity index (χ0n) is 10.3. The van der Waals surface area contributed by atoms with E-state index in [4.69, 9.17) is 10.5 Å². The molecule has 0 bridgehead atoms. The smallest absolute Gasteiger partial charge is 0.104 e. The van der Waals surface area contributed by atoms with Crippen molar-refractivity contribution in [2.24, 2.45) is 5.73 Å². The third kappa shape index (κ3) is 3.55. The molecule has 0 unspecified atom stereocenters. The molecule has 1 aromatic heterocycles. The van der Waals surface area contributed by atoms with Crippen LogP contribution in [0.2, 0.25) is 0 Å². The van der Waals surface area contributed by atoms with E-state index >= 15 is 0 Å². The minimum atomic E-state index is 0.534. The molecule has 0 atom stereocenters. The summed E-state index contributed by atoms with van der Waals surface area (Å²) in [5.41, 5.74) is 6.69. The molecule has 1 aromatic carbocycles. The molecule has 2 aromatic rings. The van der Waals surface area contributed by atoms with Crippen molar-refractivity contribution in [3.05, 3.63) is 45.9 Å². The maximum absolute atomic E-state index is 5.71. The molecule has 0 spiro atoms. The number of thioether (sulfide) groups is 1. The monoisotopic (exact) mass is 280 g/mol. The number of aromatic nitrogens is 1. The Morgan fingerprint density at radius 3 is 2.78 bits per heavy atom. The molecule has 0 radical (unpaired) electrons. The van der Waals surface area contributed by atoms with Gasteiger partial charge < -0.3 is 10.5 Å². The third-order valence-electron chi connectivity index (χ3n) is 2.39. The number of thiazole rings is 1. The van der Waals surface area contributed by atoms with Crippen LogP contribution in [0.1, 0.15) is 15.6 Å². The lowest BCUT2D eigenvalue weighted by atomic mass is 10.4. The highest BCUT2D eigenvalue weighted by Crippen LogP contribution is 2.27. The van der Waals surface area contributed by atoms with E-state index in [9.17, 15) is 0 Å². The topological polar surface area (TPSA) is 48.1 Å². The molecule has 3 nitrogen and oxygen atoms in total. The van der Waals surface area contributed by atoms with E-state index in [-0.39, 0.29) is 0 Å². The van der Waals surface area contributed by atoms with Crippen LogP contribution in [0, 0.1) is 0 Å². The molecule has 0 saturated heterocycles. The first kappa shape index (κ1) is 13.5. The lowest BCUT2D eigenvalue weighted by Gasteiger charge is -1.97. The number of methoxy groups -OCH3 is 1. The second-order valence-electron chi connectivity index (χ2n) is 3.72. The Hall–Kier alpha value is -0.880. The number of rotatable bonds is 6. The molecule has 0 aliphatic carbocycles. The molecular weight excluding hydrogens is 264 g/mol. The summed E-state index contributed by atoms with van der Waals surface area (Å²) < 4.78 is 5.13. The predicted molar refractivity (Wildman–Crippen MR) is 76.7 cm³/mol. The number of nitrogens with two attached hydrogens (primary N) is 1. The van der Waals surface area contributed by atoms with Gasteiger partial charge in [-0.2, -0.15) is 0 Å². The lowest BCUT2D eigenvalue weighted by Crippen LogP contribution is -1.99. The van der Waals surface area contributed by atoms with E-state index in [1.165, 1.54) is 4.90 Å². The lowest BCUT2D eigenvalue weighted by molar-refractivity contribution is 0.181. The molecule has 0 amide bonds. The Kier molecular flexibility index (Phi) is 5.19. The van der Waals surface area contributed by atoms with Gasteiger partial charge in [-0.25, -0.2) is 4.98 Å². The number of ether oxygens (including phenoxy) is 1. The van der Waals surface area contributed by atoms with Crippen molar-refractivity contribution in [3.8, 4) is 0 Å². The zero-order valence-corrected chi connectivity index (χ0v) is 11.9. The highest BCUT2D eigenvalue weighted by atomic mass is 32.2. The third-order valence-corrected chi connectivity index (χ3v) is 4.72. The van der Waals surface area contributed by atoms with Gasteiger partial charge in [0.1, 0.15) is 5.01 Å². The summed E-state index contributed by atoms with van der Waals surface area (Å²) in [7, 11) is 1.68. The first-order valence-electron chi connectivity index (χ1n) is 5.67. The van der Waals surface area contributed by atoms with E-state index in [1.807, 2.05) is 18.2 Å². The minimum Gasteiger partial charge on any atom is -0.378 e. The van der Waals surface area contributed by atoms with Gasteiger partial charge in [0.2, 0.25) is 0 Å². The average Bonchev–Trinajstić information content (AvgIpc) is 2.80. The Balaban J connectivity index is 2.01. The first-order chi connectivity index (χ1) is 8.83. The summed E-state index contributed by atoms with van der Waals surface area (Å²) in [5.74, 6) is 0.880. The van der Waals surface area contributed by atoms with Crippen LogP contribution in [0.3, 0.4) is 0 Å². The SMILES string of the molecule is COCc1nc(CSc2ccccc2)sc1CN. The summed E-state index contributed by atoms with van der Waals surface area (Å²) >= 11 is 3.47. The fourth-order valence-corrected chi connectivity index (χ4v) is 3.43. The van der Waals surface area contributed by atoms with E-state index in [2.05, 4.69) is 17.1 Å². The average molecular weight is 280 g/mol. The summed E-state index contributed by atoms with van der Waals surface area (Å²) in [6.07, 6.45) is 0. The van der Waals surface area contributed by atoms with Crippen LogP contribution >= 0.6 is 23.1 Å².